The van der Waals surface area contributed by atoms with Gasteiger partial charge in [0.2, 0.25) is 5.75 Å². The number of aromatic carboxylic acids is 1. The summed E-state index contributed by atoms with van der Waals surface area (Å²) in [7, 11) is -1.48. The van der Waals surface area contributed by atoms with Crippen molar-refractivity contribution < 1.29 is 32.5 Å². The number of para-hydroxylation sites is 2. The summed E-state index contributed by atoms with van der Waals surface area (Å²) >= 11 is 0. The molecule has 0 aliphatic heterocycles. The molecule has 0 amide bonds. The molecule has 3 aromatic heterocycles. The van der Waals surface area contributed by atoms with Gasteiger partial charge in [-0.1, -0.05) is 32.0 Å². The Kier molecular flexibility index (Phi) is 7.91. The van der Waals surface area contributed by atoms with Crippen LogP contribution in [0.15, 0.2) is 66.0 Å². The fraction of sp³-hybridized carbons (Fsp3) is 0.192. The van der Waals surface area contributed by atoms with Gasteiger partial charge in [-0.05, 0) is 41.8 Å². The van der Waals surface area contributed by atoms with Crippen molar-refractivity contribution in [2.75, 3.05) is 18.9 Å². The molecule has 0 aliphatic carbocycles. The van der Waals surface area contributed by atoms with Crippen molar-refractivity contribution in [2.45, 2.75) is 24.8 Å². The number of nitrogens with one attached hydrogen (secondary N) is 1. The van der Waals surface area contributed by atoms with Crippen molar-refractivity contribution in [3.05, 3.63) is 72.2 Å². The van der Waals surface area contributed by atoms with Crippen molar-refractivity contribution in [3.8, 4) is 34.5 Å². The molecule has 202 valence electrons. The lowest BCUT2D eigenvalue weighted by molar-refractivity contribution is 0.0690. The summed E-state index contributed by atoms with van der Waals surface area (Å²) in [5.74, 6) is -1.07. The van der Waals surface area contributed by atoms with Gasteiger partial charge in [0.15, 0.2) is 28.2 Å². The first-order valence-corrected chi connectivity index (χ1v) is 13.1. The maximum atomic E-state index is 13.4. The Morgan fingerprint density at radius 1 is 0.974 bits per heavy atom. The number of anilines is 1. The first-order valence-electron chi connectivity index (χ1n) is 11.6. The molecule has 0 radical (unpaired) electrons. The van der Waals surface area contributed by atoms with Gasteiger partial charge in [-0.3, -0.25) is 4.72 Å². The monoisotopic (exact) mass is 551 g/mol. The summed E-state index contributed by atoms with van der Waals surface area (Å²) in [5, 5.41) is 9.10. The molecule has 0 spiro atoms. The van der Waals surface area contributed by atoms with Crippen LogP contribution in [-0.2, 0) is 10.0 Å². The normalized spacial score (nSPS) is 11.2. The second-order valence-corrected chi connectivity index (χ2v) is 10.0. The lowest BCUT2D eigenvalue weighted by Crippen LogP contribution is -2.17. The Bertz CT molecular complexity index is 1610. The molecule has 12 nitrogen and oxygen atoms in total. The van der Waals surface area contributed by atoms with Crippen LogP contribution in [0.5, 0.6) is 23.1 Å². The quantitative estimate of drug-likeness (QED) is 0.288. The average molecular weight is 552 g/mol. The SMILES string of the molecule is COc1ccccc1Oc1c(NS(=O)(=O)c2ccc(C(C)C)cn2)nc(-c2ccnc(C(=O)O)c2)nc1OC. The molecule has 0 unspecified atom stereocenters. The number of rotatable bonds is 10. The van der Waals surface area contributed by atoms with E-state index in [1.807, 2.05) is 13.8 Å². The minimum atomic E-state index is -4.26. The van der Waals surface area contributed by atoms with Gasteiger partial charge in [0, 0.05) is 18.0 Å². The Hall–Kier alpha value is -4.78. The number of aromatic nitrogens is 4. The van der Waals surface area contributed by atoms with Gasteiger partial charge in [0.1, 0.15) is 5.69 Å². The highest BCUT2D eigenvalue weighted by molar-refractivity contribution is 7.92. The molecule has 39 heavy (non-hydrogen) atoms. The number of carboxylic acids is 1. The number of ether oxygens (including phenoxy) is 3. The van der Waals surface area contributed by atoms with E-state index in [1.165, 1.54) is 44.8 Å². The number of methoxy groups -OCH3 is 2. The van der Waals surface area contributed by atoms with E-state index >= 15 is 0 Å². The van der Waals surface area contributed by atoms with Gasteiger partial charge in [0.05, 0.1) is 14.2 Å². The fourth-order valence-electron chi connectivity index (χ4n) is 3.43. The molecule has 4 rings (SSSR count). The number of nitrogens with zero attached hydrogens (tertiary/aromatic N) is 4. The third-order valence-corrected chi connectivity index (χ3v) is 6.73. The summed E-state index contributed by atoms with van der Waals surface area (Å²) in [6.45, 7) is 3.93. The first kappa shape index (κ1) is 27.3. The zero-order chi connectivity index (χ0) is 28.2. The van der Waals surface area contributed by atoms with Crippen LogP contribution in [0.25, 0.3) is 11.4 Å². The molecule has 0 aliphatic rings. The smallest absolute Gasteiger partial charge is 0.354 e. The van der Waals surface area contributed by atoms with E-state index < -0.39 is 16.0 Å². The molecule has 4 aromatic rings. The number of sulfonamides is 1. The highest BCUT2D eigenvalue weighted by Crippen LogP contribution is 2.41. The van der Waals surface area contributed by atoms with Crippen LogP contribution < -0.4 is 18.9 Å². The van der Waals surface area contributed by atoms with Crippen LogP contribution in [0.1, 0.15) is 35.8 Å². The summed E-state index contributed by atoms with van der Waals surface area (Å²) < 4.78 is 45.9. The van der Waals surface area contributed by atoms with Crippen LogP contribution in [0, 0.1) is 0 Å². The summed E-state index contributed by atoms with van der Waals surface area (Å²) in [4.78, 5) is 28.0. The van der Waals surface area contributed by atoms with E-state index in [0.29, 0.717) is 5.75 Å². The lowest BCUT2D eigenvalue weighted by Gasteiger charge is -2.17. The van der Waals surface area contributed by atoms with Gasteiger partial charge < -0.3 is 19.3 Å². The fourth-order valence-corrected chi connectivity index (χ4v) is 4.37. The van der Waals surface area contributed by atoms with Crippen molar-refractivity contribution in [1.29, 1.82) is 0 Å². The lowest BCUT2D eigenvalue weighted by atomic mass is 10.1. The highest BCUT2D eigenvalue weighted by Gasteiger charge is 2.26. The molecule has 0 atom stereocenters. The van der Waals surface area contributed by atoms with Gasteiger partial charge in [-0.25, -0.2) is 19.7 Å². The van der Waals surface area contributed by atoms with Gasteiger partial charge in [0.25, 0.3) is 15.9 Å². The number of hydrogen-bond donors (Lipinski definition) is 2. The number of carbonyl (C=O) groups is 1. The molecule has 1 aromatic carbocycles. The Morgan fingerprint density at radius 3 is 2.33 bits per heavy atom. The molecule has 0 saturated carbocycles. The van der Waals surface area contributed by atoms with E-state index in [2.05, 4.69) is 24.7 Å². The third-order valence-electron chi connectivity index (χ3n) is 5.48. The second kappa shape index (κ2) is 11.3. The van der Waals surface area contributed by atoms with E-state index in [9.17, 15) is 18.3 Å². The van der Waals surface area contributed by atoms with Gasteiger partial charge in [-0.2, -0.15) is 13.4 Å². The van der Waals surface area contributed by atoms with Crippen molar-refractivity contribution in [1.82, 2.24) is 19.9 Å². The largest absolute Gasteiger partial charge is 0.493 e. The minimum absolute atomic E-state index is 0.0371. The average Bonchev–Trinajstić information content (AvgIpc) is 2.94. The van der Waals surface area contributed by atoms with Crippen molar-refractivity contribution in [3.63, 3.8) is 0 Å². The Balaban J connectivity index is 1.86. The molecule has 2 N–H and O–H groups in total. The molecule has 0 bridgehead atoms. The third kappa shape index (κ3) is 6.04. The van der Waals surface area contributed by atoms with E-state index in [0.717, 1.165) is 5.56 Å². The summed E-state index contributed by atoms with van der Waals surface area (Å²) in [6.07, 6.45) is 2.76. The number of pyridine rings is 2. The second-order valence-electron chi connectivity index (χ2n) is 8.41. The van der Waals surface area contributed by atoms with Gasteiger partial charge >= 0.3 is 5.97 Å². The predicted molar refractivity (Wildman–Crippen MR) is 141 cm³/mol. The molecule has 0 fully saturated rings. The van der Waals surface area contributed by atoms with E-state index in [-0.39, 0.29) is 51.2 Å². The number of hydrogen-bond acceptors (Lipinski definition) is 10. The van der Waals surface area contributed by atoms with Crippen LogP contribution in [-0.4, -0.2) is 53.6 Å². The van der Waals surface area contributed by atoms with Crippen LogP contribution >= 0.6 is 0 Å². The van der Waals surface area contributed by atoms with Crippen LogP contribution in [0.3, 0.4) is 0 Å². The predicted octanol–water partition coefficient (Wildman–Crippen LogP) is 4.37. The van der Waals surface area contributed by atoms with E-state index in [1.54, 1.807) is 30.3 Å². The Morgan fingerprint density at radius 2 is 1.72 bits per heavy atom. The molecule has 0 saturated heterocycles. The zero-order valence-corrected chi connectivity index (χ0v) is 22.3. The zero-order valence-electron chi connectivity index (χ0n) is 21.4. The topological polar surface area (TPSA) is 163 Å². The number of benzene rings is 1. The standard InChI is InChI=1S/C26H25N5O7S/c1-15(2)17-9-10-21(28-14-17)39(34,35)31-24-22(38-20-8-6-5-7-19(20)36-3)25(37-4)30-23(29-24)16-11-12-27-18(13-16)26(32)33/h5-15H,1-4H3,(H,32,33)(H,29,30,31). The summed E-state index contributed by atoms with van der Waals surface area (Å²) in [6, 6.07) is 12.5. The minimum Gasteiger partial charge on any atom is -0.493 e. The Labute approximate surface area is 224 Å². The van der Waals surface area contributed by atoms with E-state index in [4.69, 9.17) is 14.2 Å². The molecular weight excluding hydrogens is 526 g/mol. The summed E-state index contributed by atoms with van der Waals surface area (Å²) in [5.41, 5.74) is 0.873. The van der Waals surface area contributed by atoms with Crippen molar-refractivity contribution >= 4 is 21.8 Å². The van der Waals surface area contributed by atoms with Crippen LogP contribution in [0.4, 0.5) is 5.82 Å². The highest BCUT2D eigenvalue weighted by atomic mass is 32.2. The maximum Gasteiger partial charge on any atom is 0.354 e. The van der Waals surface area contributed by atoms with Gasteiger partial charge in [-0.15, -0.1) is 0 Å². The van der Waals surface area contributed by atoms with Crippen molar-refractivity contribution in [2.24, 2.45) is 0 Å². The number of carboxylic acid groups (broad SMARTS) is 1. The molecule has 13 heteroatoms. The molecule has 3 heterocycles. The first-order chi connectivity index (χ1) is 18.6. The maximum absolute atomic E-state index is 13.4. The molecular formula is C26H25N5O7S. The van der Waals surface area contributed by atoms with Crippen LogP contribution in [0.2, 0.25) is 0 Å².